The lowest BCUT2D eigenvalue weighted by Crippen LogP contribution is -2.26. The average molecular weight is 332 g/mol. The third-order valence-corrected chi connectivity index (χ3v) is 5.74. The second-order valence-electron chi connectivity index (χ2n) is 7.59. The third kappa shape index (κ3) is 3.98. The minimum atomic E-state index is 0.605. The summed E-state index contributed by atoms with van der Waals surface area (Å²) in [6, 6.07) is 10.8. The van der Waals surface area contributed by atoms with Gasteiger partial charge in [0.25, 0.3) is 0 Å². The molecule has 0 radical (unpaired) electrons. The first-order chi connectivity index (χ1) is 12.4. The zero-order chi connectivity index (χ0) is 16.9. The molecule has 0 aromatic heterocycles. The fourth-order valence-corrected chi connectivity index (χ4v) is 4.40. The molecule has 25 heavy (non-hydrogen) atoms. The summed E-state index contributed by atoms with van der Waals surface area (Å²) in [6.07, 6.45) is 22.5. The number of allylic oxidation sites excluding steroid dienone is 6. The summed E-state index contributed by atoms with van der Waals surface area (Å²) in [7, 11) is 0. The van der Waals surface area contributed by atoms with Gasteiger partial charge in [-0.05, 0) is 55.2 Å². The Labute approximate surface area is 152 Å². The van der Waals surface area contributed by atoms with E-state index in [1.807, 2.05) is 0 Å². The average Bonchev–Trinajstić information content (AvgIpc) is 2.70. The Morgan fingerprint density at radius 2 is 1.52 bits per heavy atom. The van der Waals surface area contributed by atoms with Crippen LogP contribution in [0.4, 0.5) is 0 Å². The Morgan fingerprint density at radius 1 is 0.840 bits per heavy atom. The Kier molecular flexibility index (Phi) is 5.20. The Morgan fingerprint density at radius 3 is 2.16 bits per heavy atom. The minimum Gasteiger partial charge on any atom is -0.369 e. The van der Waals surface area contributed by atoms with Gasteiger partial charge in [-0.2, -0.15) is 0 Å². The van der Waals surface area contributed by atoms with Crippen molar-refractivity contribution in [3.8, 4) is 0 Å². The lowest BCUT2D eigenvalue weighted by molar-refractivity contribution is 0.388. The summed E-state index contributed by atoms with van der Waals surface area (Å²) >= 11 is 0. The van der Waals surface area contributed by atoms with Gasteiger partial charge in [-0.25, -0.2) is 0 Å². The third-order valence-electron chi connectivity index (χ3n) is 5.74. The SMILES string of the molecule is C1=CC(C2=CCN(Cc3ccccc3)C=C2C2C=CCCC2)CCC1. The van der Waals surface area contributed by atoms with Gasteiger partial charge < -0.3 is 4.90 Å². The van der Waals surface area contributed by atoms with E-state index in [9.17, 15) is 0 Å². The van der Waals surface area contributed by atoms with Gasteiger partial charge in [-0.3, -0.25) is 0 Å². The molecular weight excluding hydrogens is 302 g/mol. The molecule has 2 atom stereocenters. The molecule has 1 aromatic rings. The monoisotopic (exact) mass is 331 g/mol. The van der Waals surface area contributed by atoms with Crippen LogP contribution in [0.1, 0.15) is 44.1 Å². The summed E-state index contributed by atoms with van der Waals surface area (Å²) in [4.78, 5) is 2.49. The van der Waals surface area contributed by atoms with Crippen LogP contribution in [-0.4, -0.2) is 11.4 Å². The summed E-state index contributed by atoms with van der Waals surface area (Å²) in [6.45, 7) is 2.04. The highest BCUT2D eigenvalue weighted by atomic mass is 15.1. The summed E-state index contributed by atoms with van der Waals surface area (Å²) in [5.74, 6) is 1.24. The van der Waals surface area contributed by atoms with Crippen LogP contribution < -0.4 is 0 Å². The highest BCUT2D eigenvalue weighted by Gasteiger charge is 2.26. The molecule has 2 aliphatic carbocycles. The maximum absolute atomic E-state index is 2.51. The van der Waals surface area contributed by atoms with Crippen molar-refractivity contribution in [2.45, 2.75) is 45.1 Å². The predicted molar refractivity (Wildman–Crippen MR) is 106 cm³/mol. The van der Waals surface area contributed by atoms with Crippen LogP contribution in [0.2, 0.25) is 0 Å². The summed E-state index contributed by atoms with van der Waals surface area (Å²) in [5, 5.41) is 0. The van der Waals surface area contributed by atoms with Gasteiger partial charge in [0.15, 0.2) is 0 Å². The van der Waals surface area contributed by atoms with Gasteiger partial charge in [0.2, 0.25) is 0 Å². The molecular formula is C24H29N. The highest BCUT2D eigenvalue weighted by molar-refractivity contribution is 5.42. The lowest BCUT2D eigenvalue weighted by atomic mass is 9.77. The number of nitrogens with zero attached hydrogens (tertiary/aromatic N) is 1. The quantitative estimate of drug-likeness (QED) is 0.609. The number of benzene rings is 1. The molecule has 1 heterocycles. The standard InChI is InChI=1S/C24H29N/c1-4-10-20(11-5-1)18-25-17-16-23(21-12-6-2-7-13-21)24(19-25)22-14-8-3-9-15-22/h1,4-6,8,10-12,14,16,19,21-22H,2-3,7,9,13,15,17-18H2. The molecule has 130 valence electrons. The van der Waals surface area contributed by atoms with Crippen LogP contribution in [0.15, 0.2) is 78.1 Å². The lowest BCUT2D eigenvalue weighted by Gasteiger charge is -2.34. The molecule has 0 spiro atoms. The van der Waals surface area contributed by atoms with E-state index in [1.54, 1.807) is 11.1 Å². The smallest absolute Gasteiger partial charge is 0.0427 e. The summed E-state index contributed by atoms with van der Waals surface area (Å²) in [5.41, 5.74) is 4.58. The van der Waals surface area contributed by atoms with Gasteiger partial charge in [0.1, 0.15) is 0 Å². The first-order valence-electron chi connectivity index (χ1n) is 9.93. The highest BCUT2D eigenvalue weighted by Crippen LogP contribution is 2.38. The molecule has 0 bridgehead atoms. The van der Waals surface area contributed by atoms with Gasteiger partial charge in [-0.1, -0.05) is 60.7 Å². The second-order valence-corrected chi connectivity index (χ2v) is 7.59. The Balaban J connectivity index is 1.59. The minimum absolute atomic E-state index is 0.605. The van der Waals surface area contributed by atoms with Gasteiger partial charge in [0, 0.05) is 31.1 Å². The van der Waals surface area contributed by atoms with Crippen LogP contribution in [0.3, 0.4) is 0 Å². The topological polar surface area (TPSA) is 3.24 Å². The molecule has 0 saturated carbocycles. The first kappa shape index (κ1) is 16.4. The van der Waals surface area contributed by atoms with Crippen molar-refractivity contribution in [2.24, 2.45) is 11.8 Å². The zero-order valence-corrected chi connectivity index (χ0v) is 15.1. The van der Waals surface area contributed by atoms with Crippen molar-refractivity contribution in [3.63, 3.8) is 0 Å². The zero-order valence-electron chi connectivity index (χ0n) is 15.1. The van der Waals surface area contributed by atoms with E-state index in [1.165, 1.54) is 44.1 Å². The predicted octanol–water partition coefficient (Wildman–Crippen LogP) is 6.03. The van der Waals surface area contributed by atoms with E-state index in [0.29, 0.717) is 11.8 Å². The van der Waals surface area contributed by atoms with Crippen molar-refractivity contribution < 1.29 is 0 Å². The van der Waals surface area contributed by atoms with E-state index >= 15 is 0 Å². The molecule has 3 aliphatic rings. The van der Waals surface area contributed by atoms with Crippen molar-refractivity contribution in [3.05, 3.63) is 83.6 Å². The van der Waals surface area contributed by atoms with Crippen LogP contribution in [-0.2, 0) is 6.54 Å². The molecule has 2 unspecified atom stereocenters. The maximum atomic E-state index is 2.51. The normalized spacial score (nSPS) is 26.3. The fourth-order valence-electron chi connectivity index (χ4n) is 4.40. The molecule has 0 amide bonds. The Hall–Kier alpha value is -2.02. The largest absolute Gasteiger partial charge is 0.369 e. The van der Waals surface area contributed by atoms with E-state index in [4.69, 9.17) is 0 Å². The van der Waals surface area contributed by atoms with Crippen LogP contribution in [0, 0.1) is 11.8 Å². The van der Waals surface area contributed by atoms with Crippen LogP contribution in [0.25, 0.3) is 0 Å². The van der Waals surface area contributed by atoms with Crippen molar-refractivity contribution in [2.75, 3.05) is 6.54 Å². The fraction of sp³-hybridized carbons (Fsp3) is 0.417. The summed E-state index contributed by atoms with van der Waals surface area (Å²) < 4.78 is 0. The Bertz CT molecular complexity index is 692. The molecule has 0 saturated heterocycles. The molecule has 4 rings (SSSR count). The molecule has 1 aromatic carbocycles. The van der Waals surface area contributed by atoms with E-state index in [-0.39, 0.29) is 0 Å². The van der Waals surface area contributed by atoms with E-state index in [0.717, 1.165) is 13.1 Å². The number of rotatable bonds is 4. The van der Waals surface area contributed by atoms with Crippen LogP contribution >= 0.6 is 0 Å². The molecule has 1 aliphatic heterocycles. The maximum Gasteiger partial charge on any atom is 0.0427 e. The number of hydrogen-bond acceptors (Lipinski definition) is 1. The van der Waals surface area contributed by atoms with Crippen molar-refractivity contribution in [1.29, 1.82) is 0 Å². The first-order valence-corrected chi connectivity index (χ1v) is 9.93. The van der Waals surface area contributed by atoms with Crippen LogP contribution in [0.5, 0.6) is 0 Å². The van der Waals surface area contributed by atoms with E-state index in [2.05, 4.69) is 71.8 Å². The van der Waals surface area contributed by atoms with Crippen molar-refractivity contribution >= 4 is 0 Å². The molecule has 1 heteroatoms. The van der Waals surface area contributed by atoms with Gasteiger partial charge >= 0.3 is 0 Å². The number of hydrogen-bond donors (Lipinski definition) is 0. The van der Waals surface area contributed by atoms with Gasteiger partial charge in [-0.15, -0.1) is 0 Å². The van der Waals surface area contributed by atoms with E-state index < -0.39 is 0 Å². The molecule has 0 fully saturated rings. The van der Waals surface area contributed by atoms with Gasteiger partial charge in [0.05, 0.1) is 0 Å². The molecule has 1 nitrogen and oxygen atoms in total. The molecule has 0 N–H and O–H groups in total. The van der Waals surface area contributed by atoms with Crippen molar-refractivity contribution in [1.82, 2.24) is 4.90 Å². The second kappa shape index (κ2) is 7.91.